The fraction of sp³-hybridized carbons (Fsp3) is 0.208. The molecule has 0 aliphatic heterocycles. The molecule has 1 aliphatic rings. The monoisotopic (exact) mass is 385 g/mol. The van der Waals surface area contributed by atoms with Crippen LogP contribution in [0.4, 0.5) is 5.69 Å². The van der Waals surface area contributed by atoms with Crippen LogP contribution in [-0.2, 0) is 22.7 Å². The maximum absolute atomic E-state index is 13.5. The molecular weight excluding hydrogens is 362 g/mol. The minimum atomic E-state index is -0.975. The van der Waals surface area contributed by atoms with E-state index in [0.29, 0.717) is 25.9 Å². The van der Waals surface area contributed by atoms with Gasteiger partial charge >= 0.3 is 0 Å². The fourth-order valence-electron chi connectivity index (χ4n) is 3.43. The zero-order valence-corrected chi connectivity index (χ0v) is 16.1. The molecule has 0 radical (unpaired) electrons. The molecule has 3 aromatic rings. The average molecular weight is 385 g/mol. The van der Waals surface area contributed by atoms with Crippen LogP contribution in [0, 0.1) is 5.41 Å². The Kier molecular flexibility index (Phi) is 5.38. The summed E-state index contributed by atoms with van der Waals surface area (Å²) in [6.45, 7) is 0.823. The summed E-state index contributed by atoms with van der Waals surface area (Å²) in [6, 6.07) is 23.1. The summed E-state index contributed by atoms with van der Waals surface area (Å²) in [7, 11) is 0. The first kappa shape index (κ1) is 18.9. The summed E-state index contributed by atoms with van der Waals surface area (Å²) in [4.78, 5) is 32.2. The summed E-state index contributed by atoms with van der Waals surface area (Å²) in [5, 5.41) is 2.94. The topological polar surface area (TPSA) is 62.3 Å². The number of anilines is 1. The largest absolute Gasteiger partial charge is 0.351 e. The molecule has 29 heavy (non-hydrogen) atoms. The smallest absolute Gasteiger partial charge is 0.242 e. The van der Waals surface area contributed by atoms with Gasteiger partial charge in [0.1, 0.15) is 5.41 Å². The molecule has 2 aromatic carbocycles. The van der Waals surface area contributed by atoms with Gasteiger partial charge in [0.2, 0.25) is 11.8 Å². The van der Waals surface area contributed by atoms with Gasteiger partial charge in [0.05, 0.1) is 6.54 Å². The van der Waals surface area contributed by atoms with Crippen molar-refractivity contribution in [3.8, 4) is 0 Å². The lowest BCUT2D eigenvalue weighted by molar-refractivity contribution is -0.135. The van der Waals surface area contributed by atoms with E-state index >= 15 is 0 Å². The molecule has 4 rings (SSSR count). The van der Waals surface area contributed by atoms with Crippen LogP contribution in [0.5, 0.6) is 0 Å². The average Bonchev–Trinajstić information content (AvgIpc) is 3.60. The van der Waals surface area contributed by atoms with Crippen LogP contribution in [0.3, 0.4) is 0 Å². The van der Waals surface area contributed by atoms with Gasteiger partial charge in [-0.2, -0.15) is 0 Å². The molecule has 2 amide bonds. The zero-order valence-electron chi connectivity index (χ0n) is 16.1. The van der Waals surface area contributed by atoms with E-state index in [1.165, 1.54) is 0 Å². The Hall–Kier alpha value is -3.47. The second-order valence-corrected chi connectivity index (χ2v) is 7.33. The van der Waals surface area contributed by atoms with Crippen molar-refractivity contribution in [2.45, 2.75) is 25.9 Å². The predicted octanol–water partition coefficient (Wildman–Crippen LogP) is 3.71. The molecule has 1 heterocycles. The molecule has 5 heteroatoms. The number of benzene rings is 2. The number of nitrogens with zero attached hydrogens (tertiary/aromatic N) is 2. The third-order valence-corrected chi connectivity index (χ3v) is 5.29. The van der Waals surface area contributed by atoms with Crippen LogP contribution in [0.1, 0.15) is 24.0 Å². The molecule has 1 aromatic heterocycles. The summed E-state index contributed by atoms with van der Waals surface area (Å²) in [5.41, 5.74) is 1.81. The van der Waals surface area contributed by atoms with Crippen LogP contribution in [0.25, 0.3) is 0 Å². The Morgan fingerprint density at radius 1 is 0.862 bits per heavy atom. The van der Waals surface area contributed by atoms with Gasteiger partial charge in [-0.3, -0.25) is 14.6 Å². The number of carbonyl (C=O) groups excluding carboxylic acids is 2. The molecule has 1 fully saturated rings. The zero-order chi connectivity index (χ0) is 20.1. The van der Waals surface area contributed by atoms with Gasteiger partial charge in [0.15, 0.2) is 0 Å². The number of para-hydroxylation sites is 1. The van der Waals surface area contributed by atoms with Crippen molar-refractivity contribution in [2.24, 2.45) is 5.41 Å². The van der Waals surface area contributed by atoms with Crippen LogP contribution in [-0.4, -0.2) is 16.8 Å². The Labute approximate surface area is 170 Å². The number of pyridine rings is 1. The Morgan fingerprint density at radius 2 is 1.48 bits per heavy atom. The molecule has 0 spiro atoms. The summed E-state index contributed by atoms with van der Waals surface area (Å²) in [6.07, 6.45) is 4.53. The highest BCUT2D eigenvalue weighted by atomic mass is 16.2. The van der Waals surface area contributed by atoms with Gasteiger partial charge in [-0.1, -0.05) is 48.5 Å². The standard InChI is InChI=1S/C24H23N3O2/c28-22(26-17-19-11-15-25-16-12-19)24(13-14-24)23(29)27(21-9-5-2-6-10-21)18-20-7-3-1-4-8-20/h1-12,15-16H,13-14,17-18H2,(H,26,28). The quantitative estimate of drug-likeness (QED) is 0.631. The summed E-state index contributed by atoms with van der Waals surface area (Å²) < 4.78 is 0. The highest BCUT2D eigenvalue weighted by Crippen LogP contribution is 2.48. The normalized spacial score (nSPS) is 14.1. The number of carbonyl (C=O) groups is 2. The lowest BCUT2D eigenvalue weighted by Gasteiger charge is -2.27. The SMILES string of the molecule is O=C(NCc1ccncc1)C1(C(=O)N(Cc2ccccc2)c2ccccc2)CC1. The van der Waals surface area contributed by atoms with Crippen molar-refractivity contribution in [1.82, 2.24) is 10.3 Å². The molecule has 1 aliphatic carbocycles. The number of hydrogen-bond donors (Lipinski definition) is 1. The van der Waals surface area contributed by atoms with Gasteiger partial charge in [-0.25, -0.2) is 0 Å². The van der Waals surface area contributed by atoms with Crippen LogP contribution < -0.4 is 10.2 Å². The third-order valence-electron chi connectivity index (χ3n) is 5.29. The summed E-state index contributed by atoms with van der Waals surface area (Å²) in [5.74, 6) is -0.340. The Morgan fingerprint density at radius 3 is 2.10 bits per heavy atom. The summed E-state index contributed by atoms with van der Waals surface area (Å²) >= 11 is 0. The van der Waals surface area contributed by atoms with Crippen molar-refractivity contribution < 1.29 is 9.59 Å². The van der Waals surface area contributed by atoms with E-state index < -0.39 is 5.41 Å². The maximum Gasteiger partial charge on any atom is 0.242 e. The van der Waals surface area contributed by atoms with Gasteiger partial charge in [-0.15, -0.1) is 0 Å². The second kappa shape index (κ2) is 8.27. The van der Waals surface area contributed by atoms with Crippen molar-refractivity contribution in [1.29, 1.82) is 0 Å². The first-order chi connectivity index (χ1) is 14.2. The van der Waals surface area contributed by atoms with E-state index in [1.54, 1.807) is 17.3 Å². The Bertz CT molecular complexity index is 971. The molecule has 1 saturated carbocycles. The van der Waals surface area contributed by atoms with E-state index in [0.717, 1.165) is 16.8 Å². The second-order valence-electron chi connectivity index (χ2n) is 7.33. The van der Waals surface area contributed by atoms with Crippen LogP contribution in [0.2, 0.25) is 0 Å². The lowest BCUT2D eigenvalue weighted by atomic mass is 10.0. The molecule has 0 bridgehead atoms. The number of hydrogen-bond acceptors (Lipinski definition) is 3. The van der Waals surface area contributed by atoms with Crippen molar-refractivity contribution in [3.05, 3.63) is 96.3 Å². The highest BCUT2D eigenvalue weighted by Gasteiger charge is 2.58. The molecule has 1 N–H and O–H groups in total. The molecular formula is C24H23N3O2. The number of aromatic nitrogens is 1. The first-order valence-electron chi connectivity index (χ1n) is 9.77. The van der Waals surface area contributed by atoms with Crippen molar-refractivity contribution in [3.63, 3.8) is 0 Å². The van der Waals surface area contributed by atoms with Gasteiger partial charge < -0.3 is 10.2 Å². The van der Waals surface area contributed by atoms with E-state index in [1.807, 2.05) is 72.8 Å². The van der Waals surface area contributed by atoms with Gasteiger partial charge in [-0.05, 0) is 48.2 Å². The molecule has 5 nitrogen and oxygen atoms in total. The lowest BCUT2D eigenvalue weighted by Crippen LogP contribution is -2.45. The highest BCUT2D eigenvalue weighted by molar-refractivity contribution is 6.14. The molecule has 0 saturated heterocycles. The van der Waals surface area contributed by atoms with E-state index in [9.17, 15) is 9.59 Å². The third kappa shape index (κ3) is 4.19. The minimum absolute atomic E-state index is 0.139. The van der Waals surface area contributed by atoms with E-state index in [-0.39, 0.29) is 11.8 Å². The molecule has 0 atom stereocenters. The number of nitrogens with one attached hydrogen (secondary N) is 1. The van der Waals surface area contributed by atoms with E-state index in [4.69, 9.17) is 0 Å². The van der Waals surface area contributed by atoms with Crippen molar-refractivity contribution >= 4 is 17.5 Å². The predicted molar refractivity (Wildman–Crippen MR) is 112 cm³/mol. The fourth-order valence-corrected chi connectivity index (χ4v) is 3.43. The Balaban J connectivity index is 1.54. The van der Waals surface area contributed by atoms with Gasteiger partial charge in [0.25, 0.3) is 0 Å². The molecule has 0 unspecified atom stereocenters. The number of amides is 2. The van der Waals surface area contributed by atoms with Crippen LogP contribution >= 0.6 is 0 Å². The maximum atomic E-state index is 13.5. The number of rotatable bonds is 7. The van der Waals surface area contributed by atoms with Crippen molar-refractivity contribution in [2.75, 3.05) is 4.90 Å². The minimum Gasteiger partial charge on any atom is -0.351 e. The van der Waals surface area contributed by atoms with Crippen LogP contribution in [0.15, 0.2) is 85.2 Å². The van der Waals surface area contributed by atoms with Gasteiger partial charge in [0, 0.05) is 24.6 Å². The first-order valence-corrected chi connectivity index (χ1v) is 9.77. The van der Waals surface area contributed by atoms with E-state index in [2.05, 4.69) is 10.3 Å². The molecule has 146 valence electrons.